The van der Waals surface area contributed by atoms with Gasteiger partial charge < -0.3 is 9.73 Å². The molecule has 0 saturated carbocycles. The number of nitrogens with one attached hydrogen (secondary N) is 1. The van der Waals surface area contributed by atoms with Crippen LogP contribution in [0, 0.1) is 11.7 Å². The molecular weight excluding hydrogens is 255 g/mol. The summed E-state index contributed by atoms with van der Waals surface area (Å²) in [5.41, 5.74) is 0.724. The van der Waals surface area contributed by atoms with E-state index in [1.54, 1.807) is 12.3 Å². The molecule has 2 rings (SSSR count). The molecule has 0 bridgehead atoms. The molecule has 0 aliphatic rings. The molecule has 1 aromatic heterocycles. The Morgan fingerprint density at radius 3 is 2.95 bits per heavy atom. The normalized spacial score (nSPS) is 11.2. The van der Waals surface area contributed by atoms with Crippen LogP contribution in [0.25, 0.3) is 11.3 Å². The summed E-state index contributed by atoms with van der Waals surface area (Å²) < 4.78 is 18.8. The van der Waals surface area contributed by atoms with E-state index in [4.69, 9.17) is 4.42 Å². The van der Waals surface area contributed by atoms with Crippen LogP contribution in [0.3, 0.4) is 0 Å². The van der Waals surface area contributed by atoms with Gasteiger partial charge in [0.2, 0.25) is 0 Å². The predicted octanol–water partition coefficient (Wildman–Crippen LogP) is 3.66. The quantitative estimate of drug-likeness (QED) is 0.784. The molecule has 0 unspecified atom stereocenters. The largest absolute Gasteiger partial charge is 0.441 e. The standard InChI is InChI=1S/C16H21FN2O/c1-12(2)10-18-8-4-7-16-19-11-15(20-16)13-5-3-6-14(17)9-13/h3,5-6,9,11-12,18H,4,7-8,10H2,1-2H3. The number of aromatic nitrogens is 1. The second kappa shape index (κ2) is 7.20. The van der Waals surface area contributed by atoms with Gasteiger partial charge in [-0.2, -0.15) is 0 Å². The van der Waals surface area contributed by atoms with Crippen molar-refractivity contribution < 1.29 is 8.81 Å². The molecule has 0 amide bonds. The molecule has 0 aliphatic carbocycles. The minimum absolute atomic E-state index is 0.265. The fourth-order valence-corrected chi connectivity index (χ4v) is 1.96. The van der Waals surface area contributed by atoms with Gasteiger partial charge in [0, 0.05) is 12.0 Å². The zero-order chi connectivity index (χ0) is 14.4. The van der Waals surface area contributed by atoms with Gasteiger partial charge in [-0.1, -0.05) is 26.0 Å². The van der Waals surface area contributed by atoms with Crippen LogP contribution >= 0.6 is 0 Å². The molecular formula is C16H21FN2O. The number of benzene rings is 1. The van der Waals surface area contributed by atoms with Gasteiger partial charge in [-0.3, -0.25) is 0 Å². The van der Waals surface area contributed by atoms with Crippen molar-refractivity contribution in [3.63, 3.8) is 0 Å². The summed E-state index contributed by atoms with van der Waals surface area (Å²) in [6.07, 6.45) is 3.43. The molecule has 1 N–H and O–H groups in total. The Hall–Kier alpha value is -1.68. The highest BCUT2D eigenvalue weighted by Crippen LogP contribution is 2.21. The first-order valence-electron chi connectivity index (χ1n) is 7.06. The molecule has 1 aromatic carbocycles. The van der Waals surface area contributed by atoms with Gasteiger partial charge in [0.15, 0.2) is 11.7 Å². The maximum Gasteiger partial charge on any atom is 0.194 e. The SMILES string of the molecule is CC(C)CNCCCc1ncc(-c2cccc(F)c2)o1. The Labute approximate surface area is 119 Å². The molecule has 0 spiro atoms. The van der Waals surface area contributed by atoms with Crippen LogP contribution in [0.15, 0.2) is 34.9 Å². The summed E-state index contributed by atoms with van der Waals surface area (Å²) in [6.45, 7) is 6.36. The summed E-state index contributed by atoms with van der Waals surface area (Å²) in [5.74, 6) is 1.72. The Bertz CT molecular complexity index is 537. The number of halogens is 1. The maximum atomic E-state index is 13.1. The number of hydrogen-bond acceptors (Lipinski definition) is 3. The second-order valence-corrected chi connectivity index (χ2v) is 5.33. The lowest BCUT2D eigenvalue weighted by atomic mass is 10.2. The van der Waals surface area contributed by atoms with Crippen molar-refractivity contribution in [2.45, 2.75) is 26.7 Å². The average Bonchev–Trinajstić information content (AvgIpc) is 2.87. The molecule has 20 heavy (non-hydrogen) atoms. The number of nitrogens with zero attached hydrogens (tertiary/aromatic N) is 1. The van der Waals surface area contributed by atoms with Crippen molar-refractivity contribution in [3.8, 4) is 11.3 Å². The molecule has 3 nitrogen and oxygen atoms in total. The van der Waals surface area contributed by atoms with Crippen LogP contribution in [0.4, 0.5) is 4.39 Å². The highest BCUT2D eigenvalue weighted by molar-refractivity contribution is 5.56. The molecule has 4 heteroatoms. The topological polar surface area (TPSA) is 38.1 Å². The minimum Gasteiger partial charge on any atom is -0.441 e. The van der Waals surface area contributed by atoms with Crippen molar-refractivity contribution in [2.75, 3.05) is 13.1 Å². The minimum atomic E-state index is -0.265. The second-order valence-electron chi connectivity index (χ2n) is 5.33. The van der Waals surface area contributed by atoms with E-state index in [1.807, 2.05) is 6.07 Å². The summed E-state index contributed by atoms with van der Waals surface area (Å²) in [7, 11) is 0. The Kier molecular flexibility index (Phi) is 5.30. The van der Waals surface area contributed by atoms with E-state index in [1.165, 1.54) is 12.1 Å². The molecule has 1 heterocycles. The maximum absolute atomic E-state index is 13.1. The highest BCUT2D eigenvalue weighted by Gasteiger charge is 2.07. The van der Waals surface area contributed by atoms with Crippen LogP contribution in [0.2, 0.25) is 0 Å². The lowest BCUT2D eigenvalue weighted by Crippen LogP contribution is -2.21. The van der Waals surface area contributed by atoms with E-state index in [2.05, 4.69) is 24.1 Å². The Morgan fingerprint density at radius 1 is 1.35 bits per heavy atom. The third-order valence-electron chi connectivity index (χ3n) is 2.96. The summed E-state index contributed by atoms with van der Waals surface area (Å²) in [4.78, 5) is 4.24. The molecule has 108 valence electrons. The van der Waals surface area contributed by atoms with E-state index >= 15 is 0 Å². The Morgan fingerprint density at radius 2 is 2.20 bits per heavy atom. The average molecular weight is 276 g/mol. The predicted molar refractivity (Wildman–Crippen MR) is 77.9 cm³/mol. The molecule has 0 saturated heterocycles. The lowest BCUT2D eigenvalue weighted by molar-refractivity contribution is 0.483. The third-order valence-corrected chi connectivity index (χ3v) is 2.96. The fraction of sp³-hybridized carbons (Fsp3) is 0.438. The van der Waals surface area contributed by atoms with Gasteiger partial charge in [0.25, 0.3) is 0 Å². The lowest BCUT2D eigenvalue weighted by Gasteiger charge is -2.05. The van der Waals surface area contributed by atoms with Crippen LogP contribution in [-0.4, -0.2) is 18.1 Å². The van der Waals surface area contributed by atoms with Gasteiger partial charge in [-0.25, -0.2) is 9.37 Å². The number of aryl methyl sites for hydroxylation is 1. The van der Waals surface area contributed by atoms with Crippen LogP contribution in [0.5, 0.6) is 0 Å². The van der Waals surface area contributed by atoms with Crippen LogP contribution in [0.1, 0.15) is 26.2 Å². The van der Waals surface area contributed by atoms with Crippen molar-refractivity contribution in [1.29, 1.82) is 0 Å². The molecule has 0 fully saturated rings. The monoisotopic (exact) mass is 276 g/mol. The van der Waals surface area contributed by atoms with Gasteiger partial charge in [-0.15, -0.1) is 0 Å². The molecule has 0 radical (unpaired) electrons. The van der Waals surface area contributed by atoms with E-state index in [0.29, 0.717) is 17.6 Å². The van der Waals surface area contributed by atoms with Gasteiger partial charge >= 0.3 is 0 Å². The molecule has 2 aromatic rings. The van der Waals surface area contributed by atoms with E-state index < -0.39 is 0 Å². The zero-order valence-corrected chi connectivity index (χ0v) is 12.0. The smallest absolute Gasteiger partial charge is 0.194 e. The first kappa shape index (κ1) is 14.7. The van der Waals surface area contributed by atoms with Crippen molar-refractivity contribution in [3.05, 3.63) is 42.2 Å². The summed E-state index contributed by atoms with van der Waals surface area (Å²) in [6, 6.07) is 6.36. The summed E-state index contributed by atoms with van der Waals surface area (Å²) >= 11 is 0. The van der Waals surface area contributed by atoms with Gasteiger partial charge in [0.1, 0.15) is 5.82 Å². The number of hydrogen-bond donors (Lipinski definition) is 1. The molecule has 0 atom stereocenters. The molecule has 0 aliphatic heterocycles. The zero-order valence-electron chi connectivity index (χ0n) is 12.0. The fourth-order valence-electron chi connectivity index (χ4n) is 1.96. The Balaban J connectivity index is 1.83. The first-order chi connectivity index (χ1) is 9.65. The van der Waals surface area contributed by atoms with Gasteiger partial charge in [-0.05, 0) is 37.6 Å². The van der Waals surface area contributed by atoms with E-state index in [0.717, 1.165) is 31.5 Å². The van der Waals surface area contributed by atoms with E-state index in [9.17, 15) is 4.39 Å². The van der Waals surface area contributed by atoms with E-state index in [-0.39, 0.29) is 5.82 Å². The van der Waals surface area contributed by atoms with Crippen molar-refractivity contribution in [1.82, 2.24) is 10.3 Å². The van der Waals surface area contributed by atoms with Crippen LogP contribution < -0.4 is 5.32 Å². The van der Waals surface area contributed by atoms with Crippen LogP contribution in [-0.2, 0) is 6.42 Å². The van der Waals surface area contributed by atoms with Gasteiger partial charge in [0.05, 0.1) is 6.20 Å². The van der Waals surface area contributed by atoms with Crippen molar-refractivity contribution in [2.24, 2.45) is 5.92 Å². The summed E-state index contributed by atoms with van der Waals surface area (Å²) in [5, 5.41) is 3.38. The number of oxazole rings is 1. The number of rotatable bonds is 7. The highest BCUT2D eigenvalue weighted by atomic mass is 19.1. The third kappa shape index (κ3) is 4.46. The van der Waals surface area contributed by atoms with Crippen molar-refractivity contribution >= 4 is 0 Å². The first-order valence-corrected chi connectivity index (χ1v) is 7.06.